The van der Waals surface area contributed by atoms with Crippen molar-refractivity contribution in [3.8, 4) is 0 Å². The average Bonchev–Trinajstić information content (AvgIpc) is 2.35. The Morgan fingerprint density at radius 1 is 1.65 bits per heavy atom. The van der Waals surface area contributed by atoms with Crippen molar-refractivity contribution < 1.29 is 9.53 Å². The van der Waals surface area contributed by atoms with Crippen LogP contribution in [-0.4, -0.2) is 54.7 Å². The van der Waals surface area contributed by atoms with Gasteiger partial charge in [0.2, 0.25) is 5.91 Å². The van der Waals surface area contributed by atoms with E-state index in [0.29, 0.717) is 6.54 Å². The molecule has 2 N–H and O–H groups in total. The summed E-state index contributed by atoms with van der Waals surface area (Å²) >= 11 is 1.72. The van der Waals surface area contributed by atoms with Crippen LogP contribution in [0.5, 0.6) is 0 Å². The van der Waals surface area contributed by atoms with Crippen LogP contribution < -0.4 is 5.73 Å². The van der Waals surface area contributed by atoms with E-state index in [4.69, 9.17) is 10.5 Å². The highest BCUT2D eigenvalue weighted by Gasteiger charge is 2.34. The van der Waals surface area contributed by atoms with E-state index in [2.05, 4.69) is 6.92 Å². The Kier molecular flexibility index (Phi) is 5.76. The molecule has 0 aromatic rings. The first kappa shape index (κ1) is 14.8. The minimum absolute atomic E-state index is 0.0713. The predicted octanol–water partition coefficient (Wildman–Crippen LogP) is 1.09. The number of methoxy groups -OCH3 is 1. The maximum Gasteiger partial charge on any atom is 0.239 e. The first-order valence-corrected chi connectivity index (χ1v) is 7.50. The first-order valence-electron chi connectivity index (χ1n) is 6.11. The molecule has 0 aromatic heterocycles. The third-order valence-electron chi connectivity index (χ3n) is 3.41. The highest BCUT2D eigenvalue weighted by molar-refractivity contribution is 7.98. The number of nitrogens with two attached hydrogens (primary N) is 1. The lowest BCUT2D eigenvalue weighted by Crippen LogP contribution is -2.54. The second-order valence-corrected chi connectivity index (χ2v) is 5.89. The van der Waals surface area contributed by atoms with Gasteiger partial charge in [0.05, 0.1) is 11.6 Å². The summed E-state index contributed by atoms with van der Waals surface area (Å²) in [6.07, 6.45) is 4.78. The van der Waals surface area contributed by atoms with Gasteiger partial charge in [-0.05, 0) is 38.2 Å². The van der Waals surface area contributed by atoms with E-state index in [1.165, 1.54) is 0 Å². The van der Waals surface area contributed by atoms with Crippen molar-refractivity contribution in [1.29, 1.82) is 0 Å². The molecule has 0 saturated carbocycles. The SMILES string of the molecule is COC1(C)CCCN(C(=O)[C@H](N)CCSC)C1. The van der Waals surface area contributed by atoms with Crippen LogP contribution in [0.3, 0.4) is 0 Å². The summed E-state index contributed by atoms with van der Waals surface area (Å²) in [6.45, 7) is 3.53. The van der Waals surface area contributed by atoms with Crippen LogP contribution in [0.25, 0.3) is 0 Å². The van der Waals surface area contributed by atoms with Crippen LogP contribution in [-0.2, 0) is 9.53 Å². The minimum atomic E-state index is -0.360. The number of nitrogens with zero attached hydrogens (tertiary/aromatic N) is 1. The van der Waals surface area contributed by atoms with E-state index < -0.39 is 0 Å². The normalized spacial score (nSPS) is 26.9. The summed E-state index contributed by atoms with van der Waals surface area (Å²) in [5, 5.41) is 0. The molecule has 5 heteroatoms. The molecule has 1 rings (SSSR count). The first-order chi connectivity index (χ1) is 8.02. The van der Waals surface area contributed by atoms with E-state index in [1.54, 1.807) is 18.9 Å². The fourth-order valence-electron chi connectivity index (χ4n) is 2.16. The molecule has 1 fully saturated rings. The molecular formula is C12H24N2O2S. The number of carbonyl (C=O) groups is 1. The zero-order valence-electron chi connectivity index (χ0n) is 11.1. The number of thioether (sulfide) groups is 1. The van der Waals surface area contributed by atoms with Crippen molar-refractivity contribution in [3.05, 3.63) is 0 Å². The number of piperidine rings is 1. The molecule has 0 bridgehead atoms. The van der Waals surface area contributed by atoms with Gasteiger partial charge in [-0.25, -0.2) is 0 Å². The predicted molar refractivity (Wildman–Crippen MR) is 72.2 cm³/mol. The Hall–Kier alpha value is -0.260. The molecule has 0 radical (unpaired) electrons. The summed E-state index contributed by atoms with van der Waals surface area (Å²) in [4.78, 5) is 14.0. The number of hydrogen-bond acceptors (Lipinski definition) is 4. The van der Waals surface area contributed by atoms with Gasteiger partial charge in [-0.2, -0.15) is 11.8 Å². The standard InChI is InChI=1S/C12H24N2O2S/c1-12(16-2)6-4-7-14(9-12)11(15)10(13)5-8-17-3/h10H,4-9,13H2,1-3H3/t10-,12?/m1/s1. The average molecular weight is 260 g/mol. The Bertz CT molecular complexity index is 263. The summed E-state index contributed by atoms with van der Waals surface area (Å²) in [5.41, 5.74) is 5.72. The highest BCUT2D eigenvalue weighted by Crippen LogP contribution is 2.24. The van der Waals surface area contributed by atoms with E-state index in [-0.39, 0.29) is 17.6 Å². The van der Waals surface area contributed by atoms with Gasteiger partial charge in [-0.3, -0.25) is 4.79 Å². The molecule has 0 aliphatic carbocycles. The summed E-state index contributed by atoms with van der Waals surface area (Å²) in [7, 11) is 1.71. The van der Waals surface area contributed by atoms with Gasteiger partial charge >= 0.3 is 0 Å². The molecule has 1 aliphatic heterocycles. The Morgan fingerprint density at radius 2 is 2.35 bits per heavy atom. The molecule has 0 spiro atoms. The zero-order valence-corrected chi connectivity index (χ0v) is 11.9. The molecule has 1 unspecified atom stereocenters. The fraction of sp³-hybridized carbons (Fsp3) is 0.917. The molecule has 1 saturated heterocycles. The molecule has 2 atom stereocenters. The monoisotopic (exact) mass is 260 g/mol. The van der Waals surface area contributed by atoms with Crippen molar-refractivity contribution >= 4 is 17.7 Å². The number of carbonyl (C=O) groups excluding carboxylic acids is 1. The third-order valence-corrected chi connectivity index (χ3v) is 4.06. The van der Waals surface area contributed by atoms with E-state index >= 15 is 0 Å². The number of ether oxygens (including phenoxy) is 1. The molecule has 4 nitrogen and oxygen atoms in total. The van der Waals surface area contributed by atoms with E-state index in [1.807, 2.05) is 11.2 Å². The van der Waals surface area contributed by atoms with Gasteiger partial charge in [0.1, 0.15) is 0 Å². The minimum Gasteiger partial charge on any atom is -0.377 e. The molecule has 1 amide bonds. The van der Waals surface area contributed by atoms with Crippen molar-refractivity contribution in [1.82, 2.24) is 4.90 Å². The zero-order chi connectivity index (χ0) is 12.9. The molecule has 1 heterocycles. The van der Waals surface area contributed by atoms with E-state index in [0.717, 1.165) is 31.6 Å². The van der Waals surface area contributed by atoms with Crippen LogP contribution in [0, 0.1) is 0 Å². The van der Waals surface area contributed by atoms with Gasteiger partial charge < -0.3 is 15.4 Å². The van der Waals surface area contributed by atoms with Crippen molar-refractivity contribution in [3.63, 3.8) is 0 Å². The third kappa shape index (κ3) is 4.16. The summed E-state index contributed by atoms with van der Waals surface area (Å²) in [6, 6.07) is -0.360. The maximum atomic E-state index is 12.1. The number of rotatable bonds is 5. The van der Waals surface area contributed by atoms with Gasteiger partial charge in [-0.15, -0.1) is 0 Å². The van der Waals surface area contributed by atoms with Gasteiger partial charge in [-0.1, -0.05) is 0 Å². The molecule has 100 valence electrons. The van der Waals surface area contributed by atoms with Crippen LogP contribution in [0.15, 0.2) is 0 Å². The summed E-state index contributed by atoms with van der Waals surface area (Å²) in [5.74, 6) is 1.00. The lowest BCUT2D eigenvalue weighted by atomic mass is 9.94. The highest BCUT2D eigenvalue weighted by atomic mass is 32.2. The Labute approximate surface area is 108 Å². The Balaban J connectivity index is 2.51. The van der Waals surface area contributed by atoms with Gasteiger partial charge in [0, 0.05) is 20.2 Å². The topological polar surface area (TPSA) is 55.6 Å². The molecule has 0 aromatic carbocycles. The second-order valence-electron chi connectivity index (χ2n) is 4.91. The molecule has 1 aliphatic rings. The second kappa shape index (κ2) is 6.61. The van der Waals surface area contributed by atoms with Crippen LogP contribution in [0.2, 0.25) is 0 Å². The lowest BCUT2D eigenvalue weighted by molar-refractivity contribution is -0.140. The smallest absolute Gasteiger partial charge is 0.239 e. The lowest BCUT2D eigenvalue weighted by Gasteiger charge is -2.40. The summed E-state index contributed by atoms with van der Waals surface area (Å²) < 4.78 is 5.48. The van der Waals surface area contributed by atoms with Gasteiger partial charge in [0.25, 0.3) is 0 Å². The molecular weight excluding hydrogens is 236 g/mol. The van der Waals surface area contributed by atoms with Crippen molar-refractivity contribution in [2.75, 3.05) is 32.2 Å². The van der Waals surface area contributed by atoms with Crippen molar-refractivity contribution in [2.45, 2.75) is 37.8 Å². The largest absolute Gasteiger partial charge is 0.377 e. The van der Waals surface area contributed by atoms with Crippen LogP contribution in [0.1, 0.15) is 26.2 Å². The van der Waals surface area contributed by atoms with Crippen LogP contribution >= 0.6 is 11.8 Å². The molecule has 17 heavy (non-hydrogen) atoms. The fourth-order valence-corrected chi connectivity index (χ4v) is 2.65. The number of hydrogen-bond donors (Lipinski definition) is 1. The Morgan fingerprint density at radius 3 is 2.94 bits per heavy atom. The maximum absolute atomic E-state index is 12.1. The quantitative estimate of drug-likeness (QED) is 0.804. The van der Waals surface area contributed by atoms with Crippen LogP contribution in [0.4, 0.5) is 0 Å². The van der Waals surface area contributed by atoms with E-state index in [9.17, 15) is 4.79 Å². The number of amides is 1. The van der Waals surface area contributed by atoms with Gasteiger partial charge in [0.15, 0.2) is 0 Å². The van der Waals surface area contributed by atoms with Crippen molar-refractivity contribution in [2.24, 2.45) is 5.73 Å². The number of likely N-dealkylation sites (tertiary alicyclic amines) is 1.